The van der Waals surface area contributed by atoms with Crippen molar-refractivity contribution in [3.63, 3.8) is 0 Å². The highest BCUT2D eigenvalue weighted by Crippen LogP contribution is 2.35. The lowest BCUT2D eigenvalue weighted by atomic mass is 9.96. The molecular weight excluding hydrogens is 474 g/mol. The monoisotopic (exact) mass is 495 g/mol. The molecule has 4 aromatic rings. The maximum absolute atomic E-state index is 13.4. The lowest BCUT2D eigenvalue weighted by Gasteiger charge is -2.32. The number of carbonyl (C=O) groups excluding carboxylic acids is 2. The molecule has 3 heterocycles. The van der Waals surface area contributed by atoms with Crippen molar-refractivity contribution in [3.8, 4) is 0 Å². The first-order valence-electron chi connectivity index (χ1n) is 10.8. The predicted octanol–water partition coefficient (Wildman–Crippen LogP) is 6.31. The van der Waals surface area contributed by atoms with E-state index in [1.54, 1.807) is 35.4 Å². The normalized spacial score (nSPS) is 14.5. The third kappa shape index (κ3) is 4.40. The zero-order chi connectivity index (χ0) is 22.9. The molecule has 0 N–H and O–H groups in total. The van der Waals surface area contributed by atoms with Crippen molar-refractivity contribution in [1.82, 2.24) is 9.88 Å². The van der Waals surface area contributed by atoms with E-state index in [2.05, 4.69) is 0 Å². The Hall–Kier alpha value is -2.74. The second-order valence-corrected chi connectivity index (χ2v) is 10.5. The lowest BCUT2D eigenvalue weighted by Crippen LogP contribution is -2.39. The number of piperidine rings is 1. The number of nitrogens with zero attached hydrogens (tertiary/aromatic N) is 3. The smallest absolute Gasteiger partial charge is 0.268 e. The van der Waals surface area contributed by atoms with Crippen molar-refractivity contribution in [2.45, 2.75) is 18.8 Å². The zero-order valence-corrected chi connectivity index (χ0v) is 20.4. The Labute approximate surface area is 205 Å². The summed E-state index contributed by atoms with van der Waals surface area (Å²) in [5.74, 6) is 0.189. The molecule has 5 nitrogen and oxygen atoms in total. The minimum Gasteiger partial charge on any atom is -0.339 e. The number of halogens is 1. The molecule has 0 aliphatic carbocycles. The summed E-state index contributed by atoms with van der Waals surface area (Å²) in [6.07, 6.45) is 1.73. The Bertz CT molecular complexity index is 1310. The van der Waals surface area contributed by atoms with Crippen LogP contribution in [0.3, 0.4) is 0 Å². The molecule has 8 heteroatoms. The van der Waals surface area contributed by atoms with Gasteiger partial charge in [0.1, 0.15) is 0 Å². The summed E-state index contributed by atoms with van der Waals surface area (Å²) in [6, 6.07) is 16.8. The molecule has 5 rings (SSSR count). The van der Waals surface area contributed by atoms with Gasteiger partial charge in [0.2, 0.25) is 0 Å². The summed E-state index contributed by atoms with van der Waals surface area (Å²) in [4.78, 5) is 35.2. The van der Waals surface area contributed by atoms with E-state index in [1.165, 1.54) is 11.3 Å². The fourth-order valence-corrected chi connectivity index (χ4v) is 6.20. The average molecular weight is 496 g/mol. The Balaban J connectivity index is 1.30. The van der Waals surface area contributed by atoms with Gasteiger partial charge in [0, 0.05) is 31.1 Å². The van der Waals surface area contributed by atoms with Crippen molar-refractivity contribution in [2.75, 3.05) is 25.0 Å². The van der Waals surface area contributed by atoms with Crippen LogP contribution in [0, 0.1) is 0 Å². The molecule has 2 aromatic heterocycles. The number of hydrogen-bond donors (Lipinski definition) is 0. The standard InChI is InChI=1S/C25H22ClN3O2S2/c1-28(25(31)22-7-4-14-32-22)20-6-3-2-5-18(20)24(30)29-12-10-16(11-13-29)23-27-19-15-17(26)8-9-21(19)33-23/h2-9,14-16H,10-13H2,1H3. The number of amides is 2. The van der Waals surface area contributed by atoms with Crippen LogP contribution in [0.5, 0.6) is 0 Å². The molecular formula is C25H22ClN3O2S2. The summed E-state index contributed by atoms with van der Waals surface area (Å²) in [5.41, 5.74) is 2.12. The van der Waals surface area contributed by atoms with E-state index >= 15 is 0 Å². The number of fused-ring (bicyclic) bond motifs is 1. The van der Waals surface area contributed by atoms with Gasteiger partial charge in [0.15, 0.2) is 0 Å². The van der Waals surface area contributed by atoms with Gasteiger partial charge in [-0.2, -0.15) is 0 Å². The molecule has 2 aromatic carbocycles. The number of benzene rings is 2. The van der Waals surface area contributed by atoms with Crippen molar-refractivity contribution >= 4 is 62.0 Å². The van der Waals surface area contributed by atoms with Crippen LogP contribution in [0.15, 0.2) is 60.0 Å². The van der Waals surface area contributed by atoms with Gasteiger partial charge in [-0.25, -0.2) is 4.98 Å². The second-order valence-electron chi connectivity index (χ2n) is 8.09. The van der Waals surface area contributed by atoms with E-state index in [0.29, 0.717) is 40.2 Å². The Kier molecular flexibility index (Phi) is 6.19. The first-order chi connectivity index (χ1) is 16.0. The molecule has 2 amide bonds. The fraction of sp³-hybridized carbons (Fsp3) is 0.240. The molecule has 33 heavy (non-hydrogen) atoms. The van der Waals surface area contributed by atoms with Gasteiger partial charge in [-0.1, -0.05) is 29.8 Å². The van der Waals surface area contributed by atoms with Gasteiger partial charge in [-0.15, -0.1) is 22.7 Å². The van der Waals surface area contributed by atoms with Crippen LogP contribution in [-0.2, 0) is 0 Å². The number of carbonyl (C=O) groups is 2. The van der Waals surface area contributed by atoms with Gasteiger partial charge in [-0.3, -0.25) is 9.59 Å². The number of para-hydroxylation sites is 1. The number of thiophene rings is 1. The highest BCUT2D eigenvalue weighted by molar-refractivity contribution is 7.18. The van der Waals surface area contributed by atoms with Gasteiger partial charge in [-0.05, 0) is 54.6 Å². The van der Waals surface area contributed by atoms with Crippen molar-refractivity contribution in [3.05, 3.63) is 80.4 Å². The van der Waals surface area contributed by atoms with Crippen LogP contribution in [0.4, 0.5) is 5.69 Å². The van der Waals surface area contributed by atoms with E-state index < -0.39 is 0 Å². The predicted molar refractivity (Wildman–Crippen MR) is 136 cm³/mol. The van der Waals surface area contributed by atoms with Crippen molar-refractivity contribution in [1.29, 1.82) is 0 Å². The van der Waals surface area contributed by atoms with Crippen LogP contribution in [0.25, 0.3) is 10.2 Å². The van der Waals surface area contributed by atoms with Crippen LogP contribution in [0.1, 0.15) is 43.8 Å². The third-order valence-corrected chi connectivity index (χ3v) is 8.32. The molecule has 1 saturated heterocycles. The molecule has 1 aliphatic heterocycles. The van der Waals surface area contributed by atoms with Crippen molar-refractivity contribution in [2.24, 2.45) is 0 Å². The molecule has 0 unspecified atom stereocenters. The maximum atomic E-state index is 13.4. The van der Waals surface area contributed by atoms with Crippen LogP contribution in [-0.4, -0.2) is 41.8 Å². The minimum absolute atomic E-state index is 0.0361. The SMILES string of the molecule is CN(C(=O)c1cccs1)c1ccccc1C(=O)N1CCC(c2nc3cc(Cl)ccc3s2)CC1. The van der Waals surface area contributed by atoms with Gasteiger partial charge < -0.3 is 9.80 Å². The summed E-state index contributed by atoms with van der Waals surface area (Å²) < 4.78 is 1.14. The second kappa shape index (κ2) is 9.25. The molecule has 1 fully saturated rings. The number of hydrogen-bond acceptors (Lipinski definition) is 5. The van der Waals surface area contributed by atoms with E-state index in [4.69, 9.17) is 16.6 Å². The molecule has 1 aliphatic rings. The molecule has 0 spiro atoms. The number of aromatic nitrogens is 1. The van der Waals surface area contributed by atoms with Gasteiger partial charge >= 0.3 is 0 Å². The first-order valence-corrected chi connectivity index (χ1v) is 12.8. The Morgan fingerprint density at radius 2 is 1.88 bits per heavy atom. The Morgan fingerprint density at radius 1 is 1.09 bits per heavy atom. The highest BCUT2D eigenvalue weighted by atomic mass is 35.5. The highest BCUT2D eigenvalue weighted by Gasteiger charge is 2.29. The van der Waals surface area contributed by atoms with Gasteiger partial charge in [0.25, 0.3) is 11.8 Å². The largest absolute Gasteiger partial charge is 0.339 e. The van der Waals surface area contributed by atoms with E-state index in [1.807, 2.05) is 52.7 Å². The third-order valence-electron chi connectivity index (χ3n) is 6.03. The summed E-state index contributed by atoms with van der Waals surface area (Å²) >= 11 is 9.21. The number of anilines is 1. The first kappa shape index (κ1) is 22.1. The maximum Gasteiger partial charge on any atom is 0.268 e. The van der Waals surface area contributed by atoms with Crippen LogP contribution >= 0.6 is 34.3 Å². The Morgan fingerprint density at radius 3 is 2.64 bits per heavy atom. The summed E-state index contributed by atoms with van der Waals surface area (Å²) in [7, 11) is 1.72. The lowest BCUT2D eigenvalue weighted by molar-refractivity contribution is 0.0713. The van der Waals surface area contributed by atoms with Crippen LogP contribution < -0.4 is 4.90 Å². The minimum atomic E-state index is -0.111. The summed E-state index contributed by atoms with van der Waals surface area (Å²) in [6.45, 7) is 1.33. The number of thiazole rings is 1. The summed E-state index contributed by atoms with van der Waals surface area (Å²) in [5, 5.41) is 3.68. The molecule has 0 saturated carbocycles. The number of likely N-dealkylation sites (tertiary alicyclic amines) is 1. The molecule has 0 bridgehead atoms. The van der Waals surface area contributed by atoms with E-state index in [0.717, 1.165) is 28.1 Å². The van der Waals surface area contributed by atoms with Crippen LogP contribution in [0.2, 0.25) is 5.02 Å². The van der Waals surface area contributed by atoms with E-state index in [9.17, 15) is 9.59 Å². The molecule has 0 atom stereocenters. The quantitative estimate of drug-likeness (QED) is 0.333. The zero-order valence-electron chi connectivity index (χ0n) is 18.0. The van der Waals surface area contributed by atoms with Crippen molar-refractivity contribution < 1.29 is 9.59 Å². The molecule has 0 radical (unpaired) electrons. The topological polar surface area (TPSA) is 53.5 Å². The van der Waals surface area contributed by atoms with E-state index in [-0.39, 0.29) is 11.8 Å². The number of rotatable bonds is 4. The van der Waals surface area contributed by atoms with Gasteiger partial charge in [0.05, 0.1) is 31.4 Å². The fourth-order valence-electron chi connectivity index (χ4n) is 4.21. The average Bonchev–Trinajstić information content (AvgIpc) is 3.53. The molecule has 168 valence electrons.